The highest BCUT2D eigenvalue weighted by Crippen LogP contribution is 2.45. The van der Waals surface area contributed by atoms with Gasteiger partial charge in [-0.25, -0.2) is 4.79 Å². The molecule has 12 heteroatoms. The number of phenols is 1. The Kier molecular flexibility index (Phi) is 6.94. The second kappa shape index (κ2) is 9.60. The second-order valence-electron chi connectivity index (χ2n) is 8.28. The van der Waals surface area contributed by atoms with Gasteiger partial charge >= 0.3 is 5.97 Å². The van der Waals surface area contributed by atoms with E-state index in [-0.39, 0.29) is 16.9 Å². The molecule has 2 aliphatic heterocycles. The molecule has 0 bridgehead atoms. The number of carbonyl (C=O) groups is 1. The molecule has 0 unspecified atom stereocenters. The Morgan fingerprint density at radius 3 is 2.38 bits per heavy atom. The van der Waals surface area contributed by atoms with Gasteiger partial charge in [-0.05, 0) is 42.0 Å². The van der Waals surface area contributed by atoms with E-state index in [4.69, 9.17) is 18.9 Å². The molecular formula is C22H26O12. The summed E-state index contributed by atoms with van der Waals surface area (Å²) in [5, 5.41) is 70.3. The maximum atomic E-state index is 12.6. The molecular weight excluding hydrogens is 456 g/mol. The van der Waals surface area contributed by atoms with Crippen molar-refractivity contribution < 1.29 is 59.5 Å². The highest BCUT2D eigenvalue weighted by Gasteiger charge is 2.57. The molecule has 0 spiro atoms. The normalized spacial score (nSPS) is 39.2. The van der Waals surface area contributed by atoms with E-state index in [0.29, 0.717) is 0 Å². The van der Waals surface area contributed by atoms with Gasteiger partial charge in [0.2, 0.25) is 6.29 Å². The Bertz CT molecular complexity index is 944. The third-order valence-corrected chi connectivity index (χ3v) is 6.18. The number of fused-ring (bicyclic) bond motifs is 1. The quantitative estimate of drug-likeness (QED) is 0.172. The predicted octanol–water partition coefficient (Wildman–Crippen LogP) is -2.12. The van der Waals surface area contributed by atoms with Crippen LogP contribution in [0.1, 0.15) is 10.4 Å². The zero-order chi connectivity index (χ0) is 24.6. The number of hydrogen-bond donors (Lipinski definition) is 7. The molecule has 0 saturated carbocycles. The van der Waals surface area contributed by atoms with E-state index in [9.17, 15) is 40.5 Å². The average molecular weight is 482 g/mol. The van der Waals surface area contributed by atoms with Crippen LogP contribution in [-0.2, 0) is 18.9 Å². The first kappa shape index (κ1) is 24.6. The average Bonchev–Trinajstić information content (AvgIpc) is 3.11. The van der Waals surface area contributed by atoms with Crippen LogP contribution in [0.2, 0.25) is 0 Å². The molecule has 0 radical (unpaired) electrons. The van der Waals surface area contributed by atoms with E-state index in [1.54, 1.807) is 0 Å². The van der Waals surface area contributed by atoms with Gasteiger partial charge in [0.1, 0.15) is 35.8 Å². The molecule has 0 aromatic heterocycles. The van der Waals surface area contributed by atoms with E-state index < -0.39 is 73.8 Å². The van der Waals surface area contributed by atoms with Gasteiger partial charge in [-0.3, -0.25) is 0 Å². The summed E-state index contributed by atoms with van der Waals surface area (Å²) in [4.78, 5) is 12.6. The monoisotopic (exact) mass is 482 g/mol. The summed E-state index contributed by atoms with van der Waals surface area (Å²) in [5.74, 6) is -1.94. The SMILES string of the molecule is O=C(O[C@@H]1C=C(CO)[C@@H]2[C@H](O[C@@H]3O[C@H](CO)[C@@H](O)[C@H](O)[C@@H]3O)OC=C[C@]21O)c1ccc(O)cc1. The van der Waals surface area contributed by atoms with Crippen molar-refractivity contribution >= 4 is 5.97 Å². The fourth-order valence-corrected chi connectivity index (χ4v) is 4.28. The van der Waals surface area contributed by atoms with Gasteiger partial charge < -0.3 is 54.7 Å². The van der Waals surface area contributed by atoms with Crippen molar-refractivity contribution in [3.8, 4) is 5.75 Å². The van der Waals surface area contributed by atoms with Gasteiger partial charge in [0.05, 0.1) is 31.0 Å². The standard InChI is InChI=1S/C22H26O12/c23-8-11-7-14(33-19(29)10-1-3-12(25)4-2-10)22(30)5-6-31-20(15(11)22)34-21-18(28)17(27)16(26)13(9-24)32-21/h1-7,13-18,20-21,23-28,30H,8-9H2/t13-,14-,15-,16-,17+,18+,20+,21+,22-/m1/s1. The fourth-order valence-electron chi connectivity index (χ4n) is 4.28. The number of ether oxygens (including phenoxy) is 4. The molecule has 7 N–H and O–H groups in total. The van der Waals surface area contributed by atoms with Crippen LogP contribution in [0.4, 0.5) is 0 Å². The zero-order valence-electron chi connectivity index (χ0n) is 17.7. The summed E-state index contributed by atoms with van der Waals surface area (Å²) >= 11 is 0. The first-order chi connectivity index (χ1) is 16.2. The van der Waals surface area contributed by atoms with Gasteiger partial charge in [-0.1, -0.05) is 0 Å². The van der Waals surface area contributed by atoms with Gasteiger partial charge in [0.15, 0.2) is 12.4 Å². The van der Waals surface area contributed by atoms with Crippen molar-refractivity contribution in [1.29, 1.82) is 0 Å². The number of esters is 1. The lowest BCUT2D eigenvalue weighted by molar-refractivity contribution is -0.344. The van der Waals surface area contributed by atoms with E-state index in [1.807, 2.05) is 0 Å². The van der Waals surface area contributed by atoms with Crippen molar-refractivity contribution in [2.75, 3.05) is 13.2 Å². The molecule has 12 nitrogen and oxygen atoms in total. The van der Waals surface area contributed by atoms with Crippen LogP contribution in [0, 0.1) is 5.92 Å². The Hall–Kier alpha value is -2.55. The maximum Gasteiger partial charge on any atom is 0.338 e. The second-order valence-corrected chi connectivity index (χ2v) is 8.28. The number of rotatable bonds is 6. The first-order valence-electron chi connectivity index (χ1n) is 10.5. The number of benzene rings is 1. The molecule has 1 aromatic rings. The molecule has 186 valence electrons. The highest BCUT2D eigenvalue weighted by molar-refractivity contribution is 5.89. The summed E-state index contributed by atoms with van der Waals surface area (Å²) in [6.07, 6.45) is -6.71. The van der Waals surface area contributed by atoms with E-state index in [1.165, 1.54) is 36.4 Å². The predicted molar refractivity (Wildman–Crippen MR) is 110 cm³/mol. The molecule has 1 aromatic carbocycles. The summed E-state index contributed by atoms with van der Waals surface area (Å²) in [6, 6.07) is 5.29. The minimum absolute atomic E-state index is 0.0425. The Morgan fingerprint density at radius 2 is 1.74 bits per heavy atom. The van der Waals surface area contributed by atoms with Gasteiger partial charge in [0, 0.05) is 0 Å². The molecule has 0 amide bonds. The number of aliphatic hydroxyl groups is 6. The van der Waals surface area contributed by atoms with E-state index in [2.05, 4.69) is 0 Å². The zero-order valence-corrected chi connectivity index (χ0v) is 17.7. The summed E-state index contributed by atoms with van der Waals surface area (Å²) in [7, 11) is 0. The van der Waals surface area contributed by atoms with Gasteiger partial charge in [0.25, 0.3) is 0 Å². The molecule has 4 rings (SSSR count). The third kappa shape index (κ3) is 4.30. The number of hydrogen-bond acceptors (Lipinski definition) is 12. The highest BCUT2D eigenvalue weighted by atomic mass is 16.8. The molecule has 3 aliphatic rings. The van der Waals surface area contributed by atoms with Crippen LogP contribution in [0.15, 0.2) is 48.3 Å². The molecule has 34 heavy (non-hydrogen) atoms. The van der Waals surface area contributed by atoms with Crippen LogP contribution >= 0.6 is 0 Å². The van der Waals surface area contributed by atoms with Crippen molar-refractivity contribution in [2.45, 2.75) is 48.7 Å². The van der Waals surface area contributed by atoms with Crippen LogP contribution in [0.5, 0.6) is 5.75 Å². The van der Waals surface area contributed by atoms with E-state index >= 15 is 0 Å². The summed E-state index contributed by atoms with van der Waals surface area (Å²) in [5.41, 5.74) is -1.57. The number of aromatic hydroxyl groups is 1. The lowest BCUT2D eigenvalue weighted by Gasteiger charge is -2.44. The Labute approximate surface area is 193 Å². The number of carbonyl (C=O) groups excluding carboxylic acids is 1. The largest absolute Gasteiger partial charge is 0.508 e. The topological polar surface area (TPSA) is 196 Å². The fraction of sp³-hybridized carbons (Fsp3) is 0.500. The lowest BCUT2D eigenvalue weighted by atomic mass is 9.83. The number of phenolic OH excluding ortho intramolecular Hbond substituents is 1. The molecule has 1 saturated heterocycles. The van der Waals surface area contributed by atoms with Crippen molar-refractivity contribution in [2.24, 2.45) is 5.92 Å². The van der Waals surface area contributed by atoms with E-state index in [0.717, 1.165) is 6.26 Å². The molecule has 2 heterocycles. The Morgan fingerprint density at radius 1 is 1.03 bits per heavy atom. The Balaban J connectivity index is 1.54. The molecule has 1 aliphatic carbocycles. The van der Waals surface area contributed by atoms with Gasteiger partial charge in [-0.2, -0.15) is 0 Å². The minimum atomic E-state index is -1.90. The third-order valence-electron chi connectivity index (χ3n) is 6.18. The maximum absolute atomic E-state index is 12.6. The number of aliphatic hydroxyl groups excluding tert-OH is 5. The van der Waals surface area contributed by atoms with Crippen LogP contribution in [0.25, 0.3) is 0 Å². The van der Waals surface area contributed by atoms with Crippen LogP contribution in [-0.4, -0.2) is 104 Å². The van der Waals surface area contributed by atoms with Gasteiger partial charge in [-0.15, -0.1) is 0 Å². The lowest BCUT2D eigenvalue weighted by Crippen LogP contribution is -2.61. The van der Waals surface area contributed by atoms with Crippen molar-refractivity contribution in [3.05, 3.63) is 53.8 Å². The first-order valence-corrected chi connectivity index (χ1v) is 10.5. The summed E-state index contributed by atoms with van der Waals surface area (Å²) < 4.78 is 21.9. The minimum Gasteiger partial charge on any atom is -0.508 e. The van der Waals surface area contributed by atoms with Crippen LogP contribution in [0.3, 0.4) is 0 Å². The molecule has 9 atom stereocenters. The van der Waals surface area contributed by atoms with Crippen molar-refractivity contribution in [3.63, 3.8) is 0 Å². The molecule has 1 fully saturated rings. The summed E-state index contributed by atoms with van der Waals surface area (Å²) in [6.45, 7) is -1.22. The smallest absolute Gasteiger partial charge is 0.338 e. The van der Waals surface area contributed by atoms with Crippen LogP contribution < -0.4 is 0 Å². The van der Waals surface area contributed by atoms with Crippen molar-refractivity contribution in [1.82, 2.24) is 0 Å².